The topological polar surface area (TPSA) is 81.1 Å². The number of aryl methyl sites for hydroxylation is 1. The predicted molar refractivity (Wildman–Crippen MR) is 134 cm³/mol. The Bertz CT molecular complexity index is 1110. The van der Waals surface area contributed by atoms with E-state index in [0.29, 0.717) is 36.2 Å². The Morgan fingerprint density at radius 2 is 1.87 bits per heavy atom. The second-order valence-corrected chi connectivity index (χ2v) is 10.7. The molecule has 0 aromatic carbocycles. The molecule has 7 nitrogen and oxygen atoms in total. The van der Waals surface area contributed by atoms with Crippen LogP contribution in [0.3, 0.4) is 0 Å². The Hall–Kier alpha value is -2.92. The summed E-state index contributed by atoms with van der Waals surface area (Å²) in [6.07, 6.45) is 0.0122. The van der Waals surface area contributed by atoms with Crippen LogP contribution in [-0.2, 0) is 6.54 Å². The maximum Gasteiger partial charge on any atom is 0.391 e. The van der Waals surface area contributed by atoms with Crippen LogP contribution in [0.15, 0.2) is 12.3 Å². The Morgan fingerprint density at radius 1 is 1.21 bits per heavy atom. The van der Waals surface area contributed by atoms with E-state index in [9.17, 15) is 26.7 Å². The number of carbonyl (C=O) groups excluding carboxylic acids is 1. The lowest BCUT2D eigenvalue weighted by Gasteiger charge is -2.28. The lowest BCUT2D eigenvalue weighted by molar-refractivity contribution is -0.142. The third-order valence-electron chi connectivity index (χ3n) is 6.84. The molecule has 2 heterocycles. The Labute approximate surface area is 219 Å². The highest BCUT2D eigenvalue weighted by molar-refractivity contribution is 5.95. The molecule has 0 unspecified atom stereocenters. The zero-order valence-corrected chi connectivity index (χ0v) is 22.4. The average molecular weight is 546 g/mol. The first-order valence-electron chi connectivity index (χ1n) is 12.8. The summed E-state index contributed by atoms with van der Waals surface area (Å²) in [5.41, 5.74) is -0.300. The molecule has 0 bridgehead atoms. The van der Waals surface area contributed by atoms with Gasteiger partial charge in [0.05, 0.1) is 17.7 Å². The van der Waals surface area contributed by atoms with E-state index < -0.39 is 24.7 Å². The van der Waals surface area contributed by atoms with Gasteiger partial charge in [0.1, 0.15) is 11.6 Å². The van der Waals surface area contributed by atoms with Crippen molar-refractivity contribution in [2.45, 2.75) is 91.6 Å². The van der Waals surface area contributed by atoms with Crippen molar-refractivity contribution in [3.8, 4) is 17.0 Å². The molecule has 12 heteroatoms. The van der Waals surface area contributed by atoms with Gasteiger partial charge in [-0.05, 0) is 52.4 Å². The highest BCUT2D eigenvalue weighted by Crippen LogP contribution is 2.37. The van der Waals surface area contributed by atoms with E-state index in [0.717, 1.165) is 31.7 Å². The summed E-state index contributed by atoms with van der Waals surface area (Å²) < 4.78 is 71.7. The molecule has 3 rings (SSSR count). The van der Waals surface area contributed by atoms with Crippen LogP contribution in [0, 0.1) is 18.8 Å². The smallest absolute Gasteiger partial charge is 0.391 e. The number of alkyl halides is 5. The van der Waals surface area contributed by atoms with Crippen LogP contribution in [0.2, 0.25) is 0 Å². The largest absolute Gasteiger partial charge is 0.434 e. The fraction of sp³-hybridized carbons (Fsp3) is 0.654. The summed E-state index contributed by atoms with van der Waals surface area (Å²) in [6.45, 7) is 6.02. The fourth-order valence-electron chi connectivity index (χ4n) is 4.96. The van der Waals surface area contributed by atoms with Crippen molar-refractivity contribution in [2.24, 2.45) is 11.8 Å². The van der Waals surface area contributed by atoms with Crippen LogP contribution >= 0.6 is 0 Å². The van der Waals surface area contributed by atoms with Crippen LogP contribution < -0.4 is 15.4 Å². The second kappa shape index (κ2) is 11.9. The average Bonchev–Trinajstić information content (AvgIpc) is 3.12. The highest BCUT2D eigenvalue weighted by atomic mass is 19.4. The maximum absolute atomic E-state index is 13.3. The number of pyridine rings is 1. The number of nitrogens with one attached hydrogen (secondary N) is 2. The van der Waals surface area contributed by atoms with E-state index in [4.69, 9.17) is 4.74 Å². The molecule has 2 aromatic heterocycles. The van der Waals surface area contributed by atoms with Crippen molar-refractivity contribution >= 4 is 11.7 Å². The minimum absolute atomic E-state index is 0.0568. The molecule has 0 aliphatic heterocycles. The molecule has 2 N–H and O–H groups in total. The summed E-state index contributed by atoms with van der Waals surface area (Å²) in [7, 11) is 0. The zero-order chi connectivity index (χ0) is 28.3. The molecule has 1 amide bonds. The van der Waals surface area contributed by atoms with E-state index in [1.807, 2.05) is 0 Å². The maximum atomic E-state index is 13.3. The van der Waals surface area contributed by atoms with Gasteiger partial charge >= 0.3 is 12.8 Å². The second-order valence-electron chi connectivity index (χ2n) is 10.7. The number of hydrogen-bond donors (Lipinski definition) is 2. The number of amides is 1. The summed E-state index contributed by atoms with van der Waals surface area (Å²) in [4.78, 5) is 17.2. The van der Waals surface area contributed by atoms with Gasteiger partial charge < -0.3 is 15.4 Å². The van der Waals surface area contributed by atoms with Crippen molar-refractivity contribution in [3.05, 3.63) is 23.5 Å². The zero-order valence-electron chi connectivity index (χ0n) is 22.4. The SMILES string of the molecule is CCn1nc(C(=O)NCC2CCC(C)CC2)c(C)c1-c1cnc(NC(C)(C)CC(F)(F)F)cc1OC(F)F. The third-order valence-corrected chi connectivity index (χ3v) is 6.84. The Balaban J connectivity index is 1.89. The fourth-order valence-corrected chi connectivity index (χ4v) is 4.96. The highest BCUT2D eigenvalue weighted by Gasteiger charge is 2.37. The van der Waals surface area contributed by atoms with Gasteiger partial charge in [0.25, 0.3) is 5.91 Å². The van der Waals surface area contributed by atoms with Crippen molar-refractivity contribution < 1.29 is 31.5 Å². The van der Waals surface area contributed by atoms with Gasteiger partial charge in [-0.25, -0.2) is 4.98 Å². The standard InChI is InChI=1S/C26H36F5N5O2/c1-6-36-22(16(3)21(35-36)23(37)33-12-17-9-7-15(2)8-10-17)18-13-32-20(11-19(18)38-24(27)28)34-25(4,5)14-26(29,30)31/h11,13,15,17,24H,6-10,12,14H2,1-5H3,(H,32,34)(H,33,37). The molecular weight excluding hydrogens is 509 g/mol. The lowest BCUT2D eigenvalue weighted by atomic mass is 9.83. The van der Waals surface area contributed by atoms with Gasteiger partial charge in [-0.3, -0.25) is 9.48 Å². The first-order chi connectivity index (χ1) is 17.7. The quantitative estimate of drug-likeness (QED) is 0.330. The molecule has 1 fully saturated rings. The Morgan fingerprint density at radius 3 is 2.45 bits per heavy atom. The number of nitrogens with zero attached hydrogens (tertiary/aromatic N) is 3. The summed E-state index contributed by atoms with van der Waals surface area (Å²) in [5, 5.41) is 10.0. The summed E-state index contributed by atoms with van der Waals surface area (Å²) in [6, 6.07) is 1.13. The molecule has 0 radical (unpaired) electrons. The van der Waals surface area contributed by atoms with E-state index in [1.165, 1.54) is 24.7 Å². The van der Waals surface area contributed by atoms with Gasteiger partial charge in [0.2, 0.25) is 0 Å². The van der Waals surface area contributed by atoms with Crippen LogP contribution in [-0.4, -0.2) is 45.5 Å². The van der Waals surface area contributed by atoms with Crippen LogP contribution in [0.25, 0.3) is 11.3 Å². The number of halogens is 5. The van der Waals surface area contributed by atoms with Gasteiger partial charge in [-0.1, -0.05) is 19.8 Å². The van der Waals surface area contributed by atoms with Crippen molar-refractivity contribution in [2.75, 3.05) is 11.9 Å². The van der Waals surface area contributed by atoms with Gasteiger partial charge in [-0.2, -0.15) is 27.1 Å². The monoisotopic (exact) mass is 545 g/mol. The van der Waals surface area contributed by atoms with E-state index in [-0.39, 0.29) is 28.7 Å². The summed E-state index contributed by atoms with van der Waals surface area (Å²) in [5.74, 6) is 0.397. The van der Waals surface area contributed by atoms with E-state index in [2.05, 4.69) is 27.6 Å². The first kappa shape index (κ1) is 29.6. The number of aromatic nitrogens is 3. The molecule has 0 spiro atoms. The van der Waals surface area contributed by atoms with Crippen LogP contribution in [0.5, 0.6) is 5.75 Å². The van der Waals surface area contributed by atoms with Crippen molar-refractivity contribution in [1.82, 2.24) is 20.1 Å². The minimum Gasteiger partial charge on any atom is -0.434 e. The lowest BCUT2D eigenvalue weighted by Crippen LogP contribution is -2.36. The third kappa shape index (κ3) is 7.80. The van der Waals surface area contributed by atoms with Gasteiger partial charge in [-0.15, -0.1) is 0 Å². The molecule has 38 heavy (non-hydrogen) atoms. The normalized spacial score (nSPS) is 18.5. The number of hydrogen-bond acceptors (Lipinski definition) is 5. The van der Waals surface area contributed by atoms with Crippen LogP contribution in [0.1, 0.15) is 75.9 Å². The number of carbonyl (C=O) groups is 1. The number of rotatable bonds is 10. The molecule has 1 aliphatic rings. The molecule has 0 atom stereocenters. The van der Waals surface area contributed by atoms with Gasteiger partial charge in [0, 0.05) is 36.5 Å². The van der Waals surface area contributed by atoms with E-state index >= 15 is 0 Å². The molecular formula is C26H36F5N5O2. The van der Waals surface area contributed by atoms with Crippen LogP contribution in [0.4, 0.5) is 27.8 Å². The molecule has 2 aromatic rings. The molecule has 1 saturated carbocycles. The van der Waals surface area contributed by atoms with Crippen molar-refractivity contribution in [1.29, 1.82) is 0 Å². The van der Waals surface area contributed by atoms with Gasteiger partial charge in [0.15, 0.2) is 5.69 Å². The number of anilines is 1. The molecule has 0 saturated heterocycles. The summed E-state index contributed by atoms with van der Waals surface area (Å²) >= 11 is 0. The minimum atomic E-state index is -4.43. The predicted octanol–water partition coefficient (Wildman–Crippen LogP) is 6.57. The van der Waals surface area contributed by atoms with Crippen molar-refractivity contribution in [3.63, 3.8) is 0 Å². The van der Waals surface area contributed by atoms with E-state index in [1.54, 1.807) is 13.8 Å². The molecule has 1 aliphatic carbocycles. The first-order valence-corrected chi connectivity index (χ1v) is 12.8. The Kier molecular flexibility index (Phi) is 9.25. The number of ether oxygens (including phenoxy) is 1. The molecule has 212 valence electrons.